The summed E-state index contributed by atoms with van der Waals surface area (Å²) in [5.74, 6) is -1.01. The van der Waals surface area contributed by atoms with Gasteiger partial charge in [0, 0.05) is 28.9 Å². The van der Waals surface area contributed by atoms with Gasteiger partial charge in [-0.3, -0.25) is 4.79 Å². The second kappa shape index (κ2) is 7.70. The van der Waals surface area contributed by atoms with E-state index in [0.717, 1.165) is 24.2 Å². The number of benzene rings is 2. The molecule has 1 amide bonds. The molecule has 0 saturated heterocycles. The van der Waals surface area contributed by atoms with E-state index in [2.05, 4.69) is 43.1 Å². The lowest BCUT2D eigenvalue weighted by Crippen LogP contribution is -2.48. The predicted molar refractivity (Wildman–Crippen MR) is 108 cm³/mol. The lowest BCUT2D eigenvalue weighted by molar-refractivity contribution is 0.0955. The van der Waals surface area contributed by atoms with Crippen LogP contribution in [0.2, 0.25) is 0 Å². The van der Waals surface area contributed by atoms with Gasteiger partial charge in [-0.25, -0.2) is 14.2 Å². The number of rotatable bonds is 4. The third-order valence-electron chi connectivity index (χ3n) is 5.30. The van der Waals surface area contributed by atoms with Crippen molar-refractivity contribution in [2.24, 2.45) is 5.10 Å². The minimum Gasteiger partial charge on any atom is -0.366 e. The van der Waals surface area contributed by atoms with Gasteiger partial charge in [0.25, 0.3) is 5.91 Å². The predicted octanol–water partition coefficient (Wildman–Crippen LogP) is 4.84. The van der Waals surface area contributed by atoms with Gasteiger partial charge in [-0.15, -0.1) is 0 Å². The number of carbonyl (C=O) groups excluding carboxylic acids is 1. The quantitative estimate of drug-likeness (QED) is 0.605. The highest BCUT2D eigenvalue weighted by atomic mass is 19.1. The summed E-state index contributed by atoms with van der Waals surface area (Å²) in [6.45, 7) is 9.36. The molecule has 4 nitrogen and oxygen atoms in total. The van der Waals surface area contributed by atoms with E-state index >= 15 is 0 Å². The van der Waals surface area contributed by atoms with Gasteiger partial charge >= 0.3 is 0 Å². The number of hydrazone groups is 1. The van der Waals surface area contributed by atoms with Crippen LogP contribution in [-0.2, 0) is 0 Å². The van der Waals surface area contributed by atoms with Gasteiger partial charge in [-0.1, -0.05) is 6.92 Å². The number of fused-ring (bicyclic) bond motifs is 1. The van der Waals surface area contributed by atoms with Crippen molar-refractivity contribution >= 4 is 17.8 Å². The lowest BCUT2D eigenvalue weighted by Gasteiger charge is -2.47. The van der Waals surface area contributed by atoms with E-state index in [1.807, 2.05) is 0 Å². The third-order valence-corrected chi connectivity index (χ3v) is 5.30. The van der Waals surface area contributed by atoms with Crippen LogP contribution < -0.4 is 10.3 Å². The molecule has 0 aromatic heterocycles. The molecule has 0 bridgehead atoms. The number of nitrogens with zero attached hydrogens (tertiary/aromatic N) is 2. The normalized spacial score (nSPS) is 18.2. The van der Waals surface area contributed by atoms with Crippen LogP contribution in [0.15, 0.2) is 41.5 Å². The lowest BCUT2D eigenvalue weighted by atomic mass is 9.79. The summed E-state index contributed by atoms with van der Waals surface area (Å²) in [4.78, 5) is 14.2. The minimum absolute atomic E-state index is 0.0354. The number of anilines is 1. The highest BCUT2D eigenvalue weighted by molar-refractivity contribution is 5.94. The molecular formula is C22H25F2N3O. The van der Waals surface area contributed by atoms with Gasteiger partial charge in [-0.05, 0) is 75.1 Å². The fraction of sp³-hybridized carbons (Fsp3) is 0.364. The van der Waals surface area contributed by atoms with E-state index in [0.29, 0.717) is 5.56 Å². The monoisotopic (exact) mass is 385 g/mol. The van der Waals surface area contributed by atoms with Gasteiger partial charge in [0.2, 0.25) is 0 Å². The van der Waals surface area contributed by atoms with Crippen molar-refractivity contribution in [1.29, 1.82) is 0 Å². The van der Waals surface area contributed by atoms with Crippen LogP contribution in [0, 0.1) is 11.6 Å². The van der Waals surface area contributed by atoms with Crippen LogP contribution in [0.1, 0.15) is 61.5 Å². The molecule has 1 aliphatic rings. The van der Waals surface area contributed by atoms with Crippen LogP contribution in [0.5, 0.6) is 0 Å². The molecule has 1 atom stereocenters. The van der Waals surface area contributed by atoms with Gasteiger partial charge in [0.15, 0.2) is 0 Å². The number of halogens is 2. The van der Waals surface area contributed by atoms with E-state index in [1.54, 1.807) is 12.1 Å². The topological polar surface area (TPSA) is 44.7 Å². The van der Waals surface area contributed by atoms with Crippen molar-refractivity contribution in [3.63, 3.8) is 0 Å². The van der Waals surface area contributed by atoms with Crippen LogP contribution in [-0.4, -0.2) is 24.2 Å². The van der Waals surface area contributed by atoms with Crippen molar-refractivity contribution in [3.8, 4) is 0 Å². The van der Waals surface area contributed by atoms with Gasteiger partial charge in [0.05, 0.1) is 6.21 Å². The first kappa shape index (κ1) is 20.0. The average molecular weight is 385 g/mol. The second-order valence-corrected chi connectivity index (χ2v) is 7.80. The minimum atomic E-state index is -0.484. The Morgan fingerprint density at radius 3 is 2.61 bits per heavy atom. The Bertz CT molecular complexity index is 907. The van der Waals surface area contributed by atoms with E-state index in [1.165, 1.54) is 30.5 Å². The maximum atomic E-state index is 14.7. The Kier molecular flexibility index (Phi) is 5.49. The summed E-state index contributed by atoms with van der Waals surface area (Å²) in [6, 6.07) is 8.49. The Morgan fingerprint density at radius 1 is 1.29 bits per heavy atom. The van der Waals surface area contributed by atoms with Crippen molar-refractivity contribution in [2.75, 3.05) is 11.4 Å². The summed E-state index contributed by atoms with van der Waals surface area (Å²) < 4.78 is 27.6. The molecule has 1 aliphatic heterocycles. The number of carbonyl (C=O) groups is 1. The molecule has 1 heterocycles. The first-order chi connectivity index (χ1) is 13.2. The summed E-state index contributed by atoms with van der Waals surface area (Å²) >= 11 is 0. The molecule has 2 aromatic carbocycles. The first-order valence-electron chi connectivity index (χ1n) is 9.43. The maximum absolute atomic E-state index is 14.7. The second-order valence-electron chi connectivity index (χ2n) is 7.80. The van der Waals surface area contributed by atoms with Gasteiger partial charge in [0.1, 0.15) is 11.6 Å². The van der Waals surface area contributed by atoms with Crippen LogP contribution in [0.25, 0.3) is 0 Å². The van der Waals surface area contributed by atoms with Crippen molar-refractivity contribution in [3.05, 3.63) is 64.7 Å². The van der Waals surface area contributed by atoms with Gasteiger partial charge < -0.3 is 4.90 Å². The Morgan fingerprint density at radius 2 is 1.96 bits per heavy atom. The van der Waals surface area contributed by atoms with E-state index in [9.17, 15) is 13.6 Å². The first-order valence-corrected chi connectivity index (χ1v) is 9.43. The third kappa shape index (κ3) is 3.91. The molecule has 3 rings (SSSR count). The average Bonchev–Trinajstić information content (AvgIpc) is 2.62. The fourth-order valence-corrected chi connectivity index (χ4v) is 4.04. The maximum Gasteiger partial charge on any atom is 0.271 e. The Hall–Kier alpha value is -2.76. The highest BCUT2D eigenvalue weighted by Gasteiger charge is 2.36. The largest absolute Gasteiger partial charge is 0.366 e. The smallest absolute Gasteiger partial charge is 0.271 e. The number of hydrogen-bond donors (Lipinski definition) is 1. The van der Waals surface area contributed by atoms with Crippen LogP contribution >= 0.6 is 0 Å². The highest BCUT2D eigenvalue weighted by Crippen LogP contribution is 2.43. The molecule has 0 radical (unpaired) electrons. The SMILES string of the molecule is CCN1c2cc(F)c(/C=N\NC(=O)c3ccc(F)cc3)cc2C(C)CC1(C)C. The summed E-state index contributed by atoms with van der Waals surface area (Å²) in [6.07, 6.45) is 2.27. The molecule has 6 heteroatoms. The van der Waals surface area contributed by atoms with Crippen molar-refractivity contribution in [2.45, 2.75) is 45.6 Å². The number of hydrogen-bond acceptors (Lipinski definition) is 3. The summed E-state index contributed by atoms with van der Waals surface area (Å²) in [5, 5.41) is 3.87. The van der Waals surface area contributed by atoms with Crippen molar-refractivity contribution in [1.82, 2.24) is 5.43 Å². The summed E-state index contributed by atoms with van der Waals surface area (Å²) in [7, 11) is 0. The molecular weight excluding hydrogens is 360 g/mol. The van der Waals surface area contributed by atoms with E-state index in [4.69, 9.17) is 0 Å². The van der Waals surface area contributed by atoms with Crippen LogP contribution in [0.4, 0.5) is 14.5 Å². The molecule has 1 unspecified atom stereocenters. The number of nitrogens with one attached hydrogen (secondary N) is 1. The zero-order valence-electron chi connectivity index (χ0n) is 16.6. The zero-order chi connectivity index (χ0) is 20.5. The molecule has 1 N–H and O–H groups in total. The Labute approximate surface area is 164 Å². The van der Waals surface area contributed by atoms with Crippen LogP contribution in [0.3, 0.4) is 0 Å². The molecule has 28 heavy (non-hydrogen) atoms. The van der Waals surface area contributed by atoms with E-state index < -0.39 is 11.7 Å². The molecule has 0 spiro atoms. The molecule has 0 saturated carbocycles. The molecule has 148 valence electrons. The van der Waals surface area contributed by atoms with Crippen molar-refractivity contribution < 1.29 is 13.6 Å². The number of amides is 1. The molecule has 0 fully saturated rings. The van der Waals surface area contributed by atoms with Gasteiger partial charge in [-0.2, -0.15) is 5.10 Å². The Balaban J connectivity index is 1.82. The standard InChI is InChI=1S/C22H25F2N3O/c1-5-27-20-11-19(24)16(10-18(20)14(2)12-22(27,3)4)13-25-26-21(28)15-6-8-17(23)9-7-15/h6-11,13-14H,5,12H2,1-4H3,(H,26,28)/b25-13-. The van der Waals surface area contributed by atoms with E-state index in [-0.39, 0.29) is 22.8 Å². The molecule has 0 aliphatic carbocycles. The summed E-state index contributed by atoms with van der Waals surface area (Å²) in [5.41, 5.74) is 4.90. The molecule has 2 aromatic rings. The zero-order valence-corrected chi connectivity index (χ0v) is 16.6. The fourth-order valence-electron chi connectivity index (χ4n) is 4.04.